The van der Waals surface area contributed by atoms with Crippen LogP contribution in [0, 0.1) is 11.7 Å². The molecule has 6 heteroatoms. The van der Waals surface area contributed by atoms with Crippen LogP contribution in [0.1, 0.15) is 38.2 Å². The summed E-state index contributed by atoms with van der Waals surface area (Å²) in [5.41, 5.74) is 0.836. The number of ether oxygens (including phenoxy) is 1. The normalized spacial score (nSPS) is 26.1. The molecule has 0 aromatic heterocycles. The molecule has 2 heterocycles. The Labute approximate surface area is 155 Å². The number of hydrogen-bond donors (Lipinski definition) is 1. The van der Waals surface area contributed by atoms with Crippen molar-refractivity contribution in [3.05, 3.63) is 35.6 Å². The van der Waals surface area contributed by atoms with Gasteiger partial charge >= 0.3 is 0 Å². The van der Waals surface area contributed by atoms with E-state index in [0.717, 1.165) is 44.4 Å². The van der Waals surface area contributed by atoms with Crippen molar-refractivity contribution in [2.24, 2.45) is 5.92 Å². The van der Waals surface area contributed by atoms with Crippen molar-refractivity contribution in [3.63, 3.8) is 0 Å². The maximum Gasteiger partial charge on any atom is 0.226 e. The lowest BCUT2D eigenvalue weighted by atomic mass is 9.91. The molecule has 2 aliphatic rings. The number of carbonyl (C=O) groups excluding carboxylic acids is 1. The largest absolute Gasteiger partial charge is 0.376 e. The van der Waals surface area contributed by atoms with Crippen LogP contribution in [0.3, 0.4) is 0 Å². The minimum absolute atomic E-state index is 0. The van der Waals surface area contributed by atoms with Crippen LogP contribution in [-0.4, -0.2) is 42.6 Å². The molecule has 0 bridgehead atoms. The van der Waals surface area contributed by atoms with E-state index in [0.29, 0.717) is 19.1 Å². The minimum Gasteiger partial charge on any atom is -0.376 e. The van der Waals surface area contributed by atoms with Crippen LogP contribution in [0.15, 0.2) is 24.3 Å². The van der Waals surface area contributed by atoms with Crippen molar-refractivity contribution in [1.82, 2.24) is 10.2 Å². The summed E-state index contributed by atoms with van der Waals surface area (Å²) in [5, 5.41) is 3.39. The van der Waals surface area contributed by atoms with Crippen LogP contribution >= 0.6 is 12.4 Å². The average Bonchev–Trinajstić information content (AvgIpc) is 3.07. The number of piperidine rings is 1. The van der Waals surface area contributed by atoms with E-state index in [2.05, 4.69) is 12.2 Å². The molecule has 140 valence electrons. The highest BCUT2D eigenvalue weighted by molar-refractivity contribution is 5.85. The lowest BCUT2D eigenvalue weighted by molar-refractivity contribution is -0.139. The average molecular weight is 371 g/mol. The van der Waals surface area contributed by atoms with Crippen molar-refractivity contribution in [3.8, 4) is 0 Å². The molecule has 1 N–H and O–H groups in total. The van der Waals surface area contributed by atoms with Crippen molar-refractivity contribution in [2.75, 3.05) is 19.7 Å². The maximum absolute atomic E-state index is 13.5. The zero-order valence-electron chi connectivity index (χ0n) is 14.7. The van der Waals surface area contributed by atoms with E-state index in [1.165, 1.54) is 12.1 Å². The smallest absolute Gasteiger partial charge is 0.226 e. The van der Waals surface area contributed by atoms with Gasteiger partial charge in [-0.25, -0.2) is 4.39 Å². The van der Waals surface area contributed by atoms with E-state index in [1.807, 2.05) is 11.0 Å². The SMILES string of the molecule is C[C@H]1C[C@@H](C(=O)N(Cc2cccc(F)c2)CC2CCCO2)CCN1.Cl. The van der Waals surface area contributed by atoms with Gasteiger partial charge in [0.2, 0.25) is 5.91 Å². The molecule has 1 amide bonds. The van der Waals surface area contributed by atoms with Crippen molar-refractivity contribution in [1.29, 1.82) is 0 Å². The molecule has 2 aliphatic heterocycles. The van der Waals surface area contributed by atoms with Gasteiger partial charge in [-0.3, -0.25) is 4.79 Å². The molecule has 4 nitrogen and oxygen atoms in total. The van der Waals surface area contributed by atoms with Gasteiger partial charge < -0.3 is 15.0 Å². The zero-order valence-corrected chi connectivity index (χ0v) is 15.6. The number of nitrogens with one attached hydrogen (secondary N) is 1. The van der Waals surface area contributed by atoms with E-state index in [9.17, 15) is 9.18 Å². The first kappa shape index (κ1) is 20.1. The number of amides is 1. The first-order valence-electron chi connectivity index (χ1n) is 9.00. The number of carbonyl (C=O) groups is 1. The number of nitrogens with zero attached hydrogens (tertiary/aromatic N) is 1. The fourth-order valence-corrected chi connectivity index (χ4v) is 3.74. The van der Waals surface area contributed by atoms with Gasteiger partial charge in [0.05, 0.1) is 6.10 Å². The van der Waals surface area contributed by atoms with Crippen LogP contribution in [0.5, 0.6) is 0 Å². The summed E-state index contributed by atoms with van der Waals surface area (Å²) < 4.78 is 19.2. The highest BCUT2D eigenvalue weighted by Crippen LogP contribution is 2.22. The third-order valence-corrected chi connectivity index (χ3v) is 5.00. The molecular weight excluding hydrogens is 343 g/mol. The van der Waals surface area contributed by atoms with Gasteiger partial charge in [0.1, 0.15) is 5.82 Å². The molecule has 1 unspecified atom stereocenters. The summed E-state index contributed by atoms with van der Waals surface area (Å²) in [4.78, 5) is 15.0. The van der Waals surface area contributed by atoms with Crippen molar-refractivity contribution < 1.29 is 13.9 Å². The summed E-state index contributed by atoms with van der Waals surface area (Å²) >= 11 is 0. The van der Waals surface area contributed by atoms with E-state index >= 15 is 0 Å². The van der Waals surface area contributed by atoms with E-state index in [4.69, 9.17) is 4.74 Å². The van der Waals surface area contributed by atoms with Gasteiger partial charge in [0.15, 0.2) is 0 Å². The van der Waals surface area contributed by atoms with E-state index in [1.54, 1.807) is 6.07 Å². The molecule has 25 heavy (non-hydrogen) atoms. The van der Waals surface area contributed by atoms with Crippen molar-refractivity contribution in [2.45, 2.75) is 51.3 Å². The third kappa shape index (κ3) is 5.66. The fraction of sp³-hybridized carbons (Fsp3) is 0.632. The third-order valence-electron chi connectivity index (χ3n) is 5.00. The van der Waals surface area contributed by atoms with Gasteiger partial charge in [-0.15, -0.1) is 12.4 Å². The molecule has 0 saturated carbocycles. The summed E-state index contributed by atoms with van der Waals surface area (Å²) in [7, 11) is 0. The van der Waals surface area contributed by atoms with Crippen LogP contribution < -0.4 is 5.32 Å². The van der Waals surface area contributed by atoms with Crippen LogP contribution in [-0.2, 0) is 16.1 Å². The predicted molar refractivity (Wildman–Crippen MR) is 98.2 cm³/mol. The molecule has 0 aliphatic carbocycles. The Morgan fingerprint density at radius 2 is 2.24 bits per heavy atom. The Balaban J connectivity index is 0.00000225. The topological polar surface area (TPSA) is 41.6 Å². The highest BCUT2D eigenvalue weighted by atomic mass is 35.5. The molecule has 2 fully saturated rings. The minimum atomic E-state index is -0.257. The lowest BCUT2D eigenvalue weighted by Gasteiger charge is -2.33. The number of benzene rings is 1. The van der Waals surface area contributed by atoms with Gasteiger partial charge in [0.25, 0.3) is 0 Å². The lowest BCUT2D eigenvalue weighted by Crippen LogP contribution is -2.45. The van der Waals surface area contributed by atoms with Gasteiger partial charge in [-0.05, 0) is 56.8 Å². The standard InChI is InChI=1S/C19H27FN2O2.ClH/c1-14-10-16(7-8-21-14)19(23)22(13-18-6-3-9-24-18)12-15-4-2-5-17(20)11-15;/h2,4-5,11,14,16,18,21H,3,6-10,12-13H2,1H3;1H/t14-,16-,18?;/m0./s1. The van der Waals surface area contributed by atoms with Crippen LogP contribution in [0.25, 0.3) is 0 Å². The molecule has 0 radical (unpaired) electrons. The number of hydrogen-bond acceptors (Lipinski definition) is 3. The van der Waals surface area contributed by atoms with Crippen LogP contribution in [0.4, 0.5) is 4.39 Å². The molecule has 3 rings (SSSR count). The predicted octanol–water partition coefficient (Wildman–Crippen LogP) is 3.14. The van der Waals surface area contributed by atoms with E-state index in [-0.39, 0.29) is 36.2 Å². The van der Waals surface area contributed by atoms with Gasteiger partial charge in [-0.2, -0.15) is 0 Å². The fourth-order valence-electron chi connectivity index (χ4n) is 3.74. The summed E-state index contributed by atoms with van der Waals surface area (Å²) in [6.45, 7) is 4.83. The molecule has 1 aromatic rings. The number of rotatable bonds is 5. The molecule has 1 aromatic carbocycles. The molecular formula is C19H28ClFN2O2. The first-order chi connectivity index (χ1) is 11.6. The second kappa shape index (κ2) is 9.51. The Bertz CT molecular complexity index is 566. The Kier molecular flexibility index (Phi) is 7.66. The molecule has 2 saturated heterocycles. The second-order valence-electron chi connectivity index (χ2n) is 7.06. The highest BCUT2D eigenvalue weighted by Gasteiger charge is 2.30. The number of halogens is 2. The van der Waals surface area contributed by atoms with E-state index < -0.39 is 0 Å². The van der Waals surface area contributed by atoms with Crippen LogP contribution in [0.2, 0.25) is 0 Å². The second-order valence-corrected chi connectivity index (χ2v) is 7.06. The van der Waals surface area contributed by atoms with Gasteiger partial charge in [0, 0.05) is 31.7 Å². The quantitative estimate of drug-likeness (QED) is 0.865. The van der Waals surface area contributed by atoms with Crippen molar-refractivity contribution >= 4 is 18.3 Å². The molecule has 0 spiro atoms. The molecule has 3 atom stereocenters. The Morgan fingerprint density at radius 3 is 2.92 bits per heavy atom. The first-order valence-corrected chi connectivity index (χ1v) is 9.00. The monoisotopic (exact) mass is 370 g/mol. The Hall–Kier alpha value is -1.17. The summed E-state index contributed by atoms with van der Waals surface area (Å²) in [6, 6.07) is 6.90. The summed E-state index contributed by atoms with van der Waals surface area (Å²) in [6.07, 6.45) is 3.90. The van der Waals surface area contributed by atoms with Gasteiger partial charge in [-0.1, -0.05) is 12.1 Å². The summed E-state index contributed by atoms with van der Waals surface area (Å²) in [5.74, 6) is -0.0215. The zero-order chi connectivity index (χ0) is 16.9. The maximum atomic E-state index is 13.5. The Morgan fingerprint density at radius 1 is 1.40 bits per heavy atom.